The molecule has 3 rings (SSSR count). The van der Waals surface area contributed by atoms with Gasteiger partial charge in [-0.3, -0.25) is 9.52 Å². The summed E-state index contributed by atoms with van der Waals surface area (Å²) in [5.41, 5.74) is 4.43. The smallest absolute Gasteiger partial charge is 0.263 e. The minimum Gasteiger partial charge on any atom is -0.326 e. The molecule has 156 valence electrons. The molecule has 0 aliphatic rings. The van der Waals surface area contributed by atoms with Crippen molar-refractivity contribution in [3.05, 3.63) is 76.7 Å². The number of aryl methyl sites for hydroxylation is 4. The average Bonchev–Trinajstić information content (AvgIpc) is 2.64. The Hall–Kier alpha value is -3.26. The van der Waals surface area contributed by atoms with Crippen LogP contribution in [-0.2, 0) is 21.2 Å². The van der Waals surface area contributed by atoms with Gasteiger partial charge in [0.15, 0.2) is 0 Å². The summed E-state index contributed by atoms with van der Waals surface area (Å²) < 4.78 is 27.7. The van der Waals surface area contributed by atoms with Gasteiger partial charge in [0.2, 0.25) is 5.91 Å². The van der Waals surface area contributed by atoms with Crippen LogP contribution >= 0.6 is 0 Å². The van der Waals surface area contributed by atoms with Crippen molar-refractivity contribution in [3.8, 4) is 0 Å². The van der Waals surface area contributed by atoms with E-state index in [-0.39, 0.29) is 23.0 Å². The van der Waals surface area contributed by atoms with Crippen molar-refractivity contribution in [1.29, 1.82) is 0 Å². The van der Waals surface area contributed by atoms with Gasteiger partial charge in [-0.2, -0.15) is 0 Å². The Morgan fingerprint density at radius 2 is 1.60 bits per heavy atom. The first-order valence-corrected chi connectivity index (χ1v) is 10.9. The SMILES string of the molecule is Cc1cc(NS(=O)(=O)c2ccc(NC(=O)Cc3ccc(C)c(C)c3)cc2)nc(C)n1. The number of carbonyl (C=O) groups excluding carboxylic acids is 1. The predicted octanol–water partition coefficient (Wildman–Crippen LogP) is 3.69. The quantitative estimate of drug-likeness (QED) is 0.628. The second-order valence-electron chi connectivity index (χ2n) is 7.22. The number of sulfonamides is 1. The Labute approximate surface area is 176 Å². The van der Waals surface area contributed by atoms with Gasteiger partial charge >= 0.3 is 0 Å². The van der Waals surface area contributed by atoms with E-state index in [2.05, 4.69) is 20.0 Å². The molecule has 30 heavy (non-hydrogen) atoms. The maximum Gasteiger partial charge on any atom is 0.263 e. The number of aromatic nitrogens is 2. The van der Waals surface area contributed by atoms with Gasteiger partial charge in [-0.25, -0.2) is 18.4 Å². The van der Waals surface area contributed by atoms with E-state index in [4.69, 9.17) is 0 Å². The molecular weight excluding hydrogens is 400 g/mol. The fraction of sp³-hybridized carbons (Fsp3) is 0.227. The molecule has 0 saturated carbocycles. The molecular formula is C22H24N4O3S. The van der Waals surface area contributed by atoms with E-state index in [1.165, 1.54) is 17.7 Å². The largest absolute Gasteiger partial charge is 0.326 e. The zero-order chi connectivity index (χ0) is 21.9. The first kappa shape index (κ1) is 21.4. The van der Waals surface area contributed by atoms with Crippen LogP contribution in [0.5, 0.6) is 0 Å². The van der Waals surface area contributed by atoms with Crippen molar-refractivity contribution >= 4 is 27.4 Å². The first-order valence-electron chi connectivity index (χ1n) is 9.43. The number of benzene rings is 2. The molecule has 1 heterocycles. The minimum absolute atomic E-state index is 0.0728. The molecule has 0 atom stereocenters. The molecule has 3 aromatic rings. The van der Waals surface area contributed by atoms with Crippen molar-refractivity contribution in [3.63, 3.8) is 0 Å². The molecule has 8 heteroatoms. The molecule has 0 unspecified atom stereocenters. The maximum absolute atomic E-state index is 12.6. The molecule has 1 aromatic heterocycles. The van der Waals surface area contributed by atoms with Crippen molar-refractivity contribution < 1.29 is 13.2 Å². The topological polar surface area (TPSA) is 101 Å². The summed E-state index contributed by atoms with van der Waals surface area (Å²) in [6.07, 6.45) is 0.245. The molecule has 0 radical (unpaired) electrons. The predicted molar refractivity (Wildman–Crippen MR) is 117 cm³/mol. The second-order valence-corrected chi connectivity index (χ2v) is 8.90. The average molecular weight is 425 g/mol. The molecule has 0 aliphatic carbocycles. The van der Waals surface area contributed by atoms with Gasteiger partial charge in [0.1, 0.15) is 11.6 Å². The summed E-state index contributed by atoms with van der Waals surface area (Å²) in [5, 5.41) is 2.79. The standard InChI is InChI=1S/C22H24N4O3S/c1-14-5-6-18(11-15(14)2)13-22(27)25-19-7-9-20(10-8-19)30(28,29)26-21-12-16(3)23-17(4)24-21/h5-12H,13H2,1-4H3,(H,25,27)(H,23,24,26). The van der Waals surface area contributed by atoms with E-state index in [1.54, 1.807) is 32.0 Å². The highest BCUT2D eigenvalue weighted by molar-refractivity contribution is 7.92. The molecule has 0 spiro atoms. The van der Waals surface area contributed by atoms with Crippen LogP contribution in [0.25, 0.3) is 0 Å². The highest BCUT2D eigenvalue weighted by Gasteiger charge is 2.16. The summed E-state index contributed by atoms with van der Waals surface area (Å²) >= 11 is 0. The van der Waals surface area contributed by atoms with E-state index < -0.39 is 10.0 Å². The van der Waals surface area contributed by atoms with Crippen LogP contribution in [0, 0.1) is 27.7 Å². The summed E-state index contributed by atoms with van der Waals surface area (Å²) in [5.74, 6) is 0.527. The Morgan fingerprint density at radius 3 is 2.23 bits per heavy atom. The van der Waals surface area contributed by atoms with Gasteiger partial charge in [-0.05, 0) is 68.7 Å². The fourth-order valence-electron chi connectivity index (χ4n) is 2.99. The zero-order valence-electron chi connectivity index (χ0n) is 17.4. The monoisotopic (exact) mass is 424 g/mol. The number of anilines is 2. The third-order valence-electron chi connectivity index (χ3n) is 4.59. The van der Waals surface area contributed by atoms with E-state index >= 15 is 0 Å². The minimum atomic E-state index is -3.80. The van der Waals surface area contributed by atoms with E-state index in [0.717, 1.165) is 11.1 Å². The molecule has 1 amide bonds. The molecule has 0 fully saturated rings. The molecule has 0 bridgehead atoms. The van der Waals surface area contributed by atoms with E-state index in [0.29, 0.717) is 17.2 Å². The number of amides is 1. The lowest BCUT2D eigenvalue weighted by atomic mass is 10.0. The first-order chi connectivity index (χ1) is 14.1. The second kappa shape index (κ2) is 8.62. The highest BCUT2D eigenvalue weighted by atomic mass is 32.2. The van der Waals surface area contributed by atoms with E-state index in [9.17, 15) is 13.2 Å². The van der Waals surface area contributed by atoms with Gasteiger partial charge < -0.3 is 5.32 Å². The summed E-state index contributed by atoms with van der Waals surface area (Å²) in [6, 6.07) is 13.5. The van der Waals surface area contributed by atoms with Gasteiger partial charge in [0, 0.05) is 17.4 Å². The van der Waals surface area contributed by atoms with Gasteiger partial charge in [0.05, 0.1) is 11.3 Å². The fourth-order valence-corrected chi connectivity index (χ4v) is 3.98. The van der Waals surface area contributed by atoms with Gasteiger partial charge in [-0.15, -0.1) is 0 Å². The van der Waals surface area contributed by atoms with Crippen molar-refractivity contribution in [2.45, 2.75) is 39.0 Å². The highest BCUT2D eigenvalue weighted by Crippen LogP contribution is 2.18. The van der Waals surface area contributed by atoms with Crippen molar-refractivity contribution in [2.24, 2.45) is 0 Å². The molecule has 2 aromatic carbocycles. The molecule has 0 aliphatic heterocycles. The summed E-state index contributed by atoms with van der Waals surface area (Å²) in [6.45, 7) is 7.49. The zero-order valence-corrected chi connectivity index (χ0v) is 18.2. The Morgan fingerprint density at radius 1 is 0.900 bits per heavy atom. The molecule has 7 nitrogen and oxygen atoms in total. The summed E-state index contributed by atoms with van der Waals surface area (Å²) in [7, 11) is -3.80. The Kier molecular flexibility index (Phi) is 6.17. The number of nitrogens with one attached hydrogen (secondary N) is 2. The molecule has 2 N–H and O–H groups in total. The number of carbonyl (C=O) groups is 1. The van der Waals surface area contributed by atoms with Crippen molar-refractivity contribution in [2.75, 3.05) is 10.0 Å². The number of nitrogens with zero attached hydrogens (tertiary/aromatic N) is 2. The van der Waals surface area contributed by atoms with E-state index in [1.807, 2.05) is 32.0 Å². The lowest BCUT2D eigenvalue weighted by molar-refractivity contribution is -0.115. The maximum atomic E-state index is 12.6. The van der Waals surface area contributed by atoms with Crippen LogP contribution < -0.4 is 10.0 Å². The lowest BCUT2D eigenvalue weighted by Crippen LogP contribution is -2.16. The normalized spacial score (nSPS) is 11.2. The third kappa shape index (κ3) is 5.42. The van der Waals surface area contributed by atoms with Crippen LogP contribution in [0.1, 0.15) is 28.2 Å². The van der Waals surface area contributed by atoms with Crippen molar-refractivity contribution in [1.82, 2.24) is 9.97 Å². The number of rotatable bonds is 6. The summed E-state index contributed by atoms with van der Waals surface area (Å²) in [4.78, 5) is 20.6. The van der Waals surface area contributed by atoms with Crippen LogP contribution in [0.15, 0.2) is 53.4 Å². The van der Waals surface area contributed by atoms with Crippen LogP contribution in [0.3, 0.4) is 0 Å². The van der Waals surface area contributed by atoms with Gasteiger partial charge in [0.25, 0.3) is 10.0 Å². The number of hydrogen-bond acceptors (Lipinski definition) is 5. The number of hydrogen-bond donors (Lipinski definition) is 2. The third-order valence-corrected chi connectivity index (χ3v) is 5.96. The Balaban J connectivity index is 1.67. The van der Waals surface area contributed by atoms with Gasteiger partial charge in [-0.1, -0.05) is 18.2 Å². The molecule has 0 saturated heterocycles. The Bertz CT molecular complexity index is 1170. The van der Waals surface area contributed by atoms with Crippen LogP contribution in [0.2, 0.25) is 0 Å². The van der Waals surface area contributed by atoms with Crippen LogP contribution in [0.4, 0.5) is 11.5 Å². The van der Waals surface area contributed by atoms with Crippen LogP contribution in [-0.4, -0.2) is 24.3 Å². The lowest BCUT2D eigenvalue weighted by Gasteiger charge is -2.10.